The van der Waals surface area contributed by atoms with Crippen molar-refractivity contribution in [1.29, 1.82) is 0 Å². The van der Waals surface area contributed by atoms with Crippen molar-refractivity contribution < 1.29 is 19.1 Å². The average molecular weight is 370 g/mol. The molecule has 8 nitrogen and oxygen atoms in total. The van der Waals surface area contributed by atoms with Crippen molar-refractivity contribution in [3.8, 4) is 0 Å². The molecule has 1 aromatic heterocycles. The standard InChI is InChI=1S/C19H22N4O4/c1-13-10-16(22(2)21-13)20-17(24)12-27-19(26)15-7-5-14(6-8-15)11-23-9-3-4-18(23)25/h5-8,10H,3-4,9,11-12H2,1-2H3,(H,20,24). The number of likely N-dealkylation sites (tertiary alicyclic amines) is 1. The molecule has 0 saturated carbocycles. The average Bonchev–Trinajstić information content (AvgIpc) is 3.18. The van der Waals surface area contributed by atoms with Gasteiger partial charge in [0.15, 0.2) is 6.61 Å². The first kappa shape index (κ1) is 18.6. The van der Waals surface area contributed by atoms with Crippen LogP contribution in [0.25, 0.3) is 0 Å². The summed E-state index contributed by atoms with van der Waals surface area (Å²) in [6.07, 6.45) is 1.49. The number of benzene rings is 1. The van der Waals surface area contributed by atoms with Gasteiger partial charge in [0.05, 0.1) is 11.3 Å². The van der Waals surface area contributed by atoms with Crippen molar-refractivity contribution in [3.05, 3.63) is 47.2 Å². The van der Waals surface area contributed by atoms with Crippen molar-refractivity contribution in [1.82, 2.24) is 14.7 Å². The van der Waals surface area contributed by atoms with E-state index in [1.54, 1.807) is 47.0 Å². The van der Waals surface area contributed by atoms with E-state index in [-0.39, 0.29) is 12.5 Å². The van der Waals surface area contributed by atoms with Crippen molar-refractivity contribution in [2.75, 3.05) is 18.5 Å². The topological polar surface area (TPSA) is 93.5 Å². The summed E-state index contributed by atoms with van der Waals surface area (Å²) >= 11 is 0. The van der Waals surface area contributed by atoms with Gasteiger partial charge in [-0.15, -0.1) is 0 Å². The van der Waals surface area contributed by atoms with E-state index in [1.807, 2.05) is 6.92 Å². The molecule has 0 unspecified atom stereocenters. The molecular weight excluding hydrogens is 348 g/mol. The molecule has 2 aromatic rings. The lowest BCUT2D eigenvalue weighted by Gasteiger charge is -2.15. The molecule has 0 radical (unpaired) electrons. The van der Waals surface area contributed by atoms with Gasteiger partial charge in [0, 0.05) is 32.6 Å². The van der Waals surface area contributed by atoms with Crippen LogP contribution in [-0.4, -0.2) is 45.6 Å². The molecule has 27 heavy (non-hydrogen) atoms. The molecule has 1 aromatic carbocycles. The molecule has 0 atom stereocenters. The summed E-state index contributed by atoms with van der Waals surface area (Å²) in [5.41, 5.74) is 2.09. The third-order valence-electron chi connectivity index (χ3n) is 4.34. The maximum Gasteiger partial charge on any atom is 0.338 e. The molecule has 8 heteroatoms. The number of aromatic nitrogens is 2. The van der Waals surface area contributed by atoms with Crippen LogP contribution >= 0.6 is 0 Å². The number of carbonyl (C=O) groups is 3. The zero-order valence-corrected chi connectivity index (χ0v) is 15.4. The highest BCUT2D eigenvalue weighted by atomic mass is 16.5. The molecular formula is C19H22N4O4. The van der Waals surface area contributed by atoms with Gasteiger partial charge in [0.2, 0.25) is 5.91 Å². The largest absolute Gasteiger partial charge is 0.452 e. The van der Waals surface area contributed by atoms with E-state index in [0.29, 0.717) is 24.3 Å². The van der Waals surface area contributed by atoms with Gasteiger partial charge in [-0.05, 0) is 31.0 Å². The summed E-state index contributed by atoms with van der Waals surface area (Å²) < 4.78 is 6.59. The smallest absolute Gasteiger partial charge is 0.338 e. The van der Waals surface area contributed by atoms with Crippen molar-refractivity contribution in [3.63, 3.8) is 0 Å². The number of esters is 1. The Hall–Kier alpha value is -3.16. The number of rotatable bonds is 6. The monoisotopic (exact) mass is 370 g/mol. The minimum absolute atomic E-state index is 0.160. The first-order valence-electron chi connectivity index (χ1n) is 8.77. The second kappa shape index (κ2) is 8.03. The van der Waals surface area contributed by atoms with Crippen molar-refractivity contribution >= 4 is 23.6 Å². The lowest BCUT2D eigenvalue weighted by Crippen LogP contribution is -2.24. The Morgan fingerprint density at radius 1 is 1.26 bits per heavy atom. The van der Waals surface area contributed by atoms with Crippen LogP contribution in [0.1, 0.15) is 34.5 Å². The molecule has 1 aliphatic rings. The van der Waals surface area contributed by atoms with Crippen LogP contribution in [0.4, 0.5) is 5.82 Å². The first-order valence-corrected chi connectivity index (χ1v) is 8.77. The van der Waals surface area contributed by atoms with Crippen LogP contribution in [0, 0.1) is 6.92 Å². The number of aryl methyl sites for hydroxylation is 2. The SMILES string of the molecule is Cc1cc(NC(=O)COC(=O)c2ccc(CN3CCCC3=O)cc2)n(C)n1. The zero-order valence-electron chi connectivity index (χ0n) is 15.4. The molecule has 142 valence electrons. The highest BCUT2D eigenvalue weighted by Crippen LogP contribution is 2.15. The predicted molar refractivity (Wildman–Crippen MR) is 98.0 cm³/mol. The quantitative estimate of drug-likeness (QED) is 0.781. The fourth-order valence-corrected chi connectivity index (χ4v) is 2.96. The fraction of sp³-hybridized carbons (Fsp3) is 0.368. The maximum absolute atomic E-state index is 12.1. The number of nitrogens with one attached hydrogen (secondary N) is 1. The lowest BCUT2D eigenvalue weighted by atomic mass is 10.1. The number of hydrogen-bond donors (Lipinski definition) is 1. The molecule has 3 rings (SSSR count). The van der Waals surface area contributed by atoms with Gasteiger partial charge < -0.3 is 15.0 Å². The van der Waals surface area contributed by atoms with E-state index in [2.05, 4.69) is 10.4 Å². The summed E-state index contributed by atoms with van der Waals surface area (Å²) in [6.45, 7) is 2.75. The third-order valence-corrected chi connectivity index (χ3v) is 4.34. The van der Waals surface area contributed by atoms with Crippen LogP contribution in [0.5, 0.6) is 0 Å². The van der Waals surface area contributed by atoms with Crippen LogP contribution in [-0.2, 0) is 27.9 Å². The Morgan fingerprint density at radius 2 is 2.00 bits per heavy atom. The number of hydrogen-bond acceptors (Lipinski definition) is 5. The Balaban J connectivity index is 1.49. The predicted octanol–water partition coefficient (Wildman–Crippen LogP) is 1.65. The molecule has 2 amide bonds. The third kappa shape index (κ3) is 4.72. The molecule has 1 saturated heterocycles. The van der Waals surface area contributed by atoms with Gasteiger partial charge in [-0.2, -0.15) is 5.10 Å². The molecule has 0 bridgehead atoms. The highest BCUT2D eigenvalue weighted by Gasteiger charge is 2.20. The van der Waals surface area contributed by atoms with E-state index >= 15 is 0 Å². The number of amides is 2. The summed E-state index contributed by atoms with van der Waals surface area (Å²) in [5, 5.41) is 6.76. The van der Waals surface area contributed by atoms with Crippen LogP contribution in [0.2, 0.25) is 0 Å². The van der Waals surface area contributed by atoms with E-state index < -0.39 is 11.9 Å². The summed E-state index contributed by atoms with van der Waals surface area (Å²) in [5.74, 6) is -0.312. The van der Waals surface area contributed by atoms with Gasteiger partial charge >= 0.3 is 5.97 Å². The Bertz CT molecular complexity index is 857. The molecule has 1 N–H and O–H groups in total. The van der Waals surface area contributed by atoms with Gasteiger partial charge in [-0.3, -0.25) is 14.3 Å². The van der Waals surface area contributed by atoms with Crippen LogP contribution < -0.4 is 5.32 Å². The number of carbonyl (C=O) groups excluding carboxylic acids is 3. The Morgan fingerprint density at radius 3 is 2.59 bits per heavy atom. The molecule has 1 aliphatic heterocycles. The molecule has 1 fully saturated rings. The van der Waals surface area contributed by atoms with Crippen molar-refractivity contribution in [2.45, 2.75) is 26.3 Å². The Kier molecular flexibility index (Phi) is 5.54. The lowest BCUT2D eigenvalue weighted by molar-refractivity contribution is -0.128. The van der Waals surface area contributed by atoms with Gasteiger partial charge in [-0.25, -0.2) is 4.79 Å². The van der Waals surface area contributed by atoms with Crippen LogP contribution in [0.15, 0.2) is 30.3 Å². The van der Waals surface area contributed by atoms with E-state index in [4.69, 9.17) is 4.74 Å². The minimum atomic E-state index is -0.574. The van der Waals surface area contributed by atoms with Gasteiger partial charge in [0.1, 0.15) is 5.82 Å². The van der Waals surface area contributed by atoms with Gasteiger partial charge in [-0.1, -0.05) is 12.1 Å². The van der Waals surface area contributed by atoms with E-state index in [0.717, 1.165) is 24.2 Å². The number of nitrogens with zero attached hydrogens (tertiary/aromatic N) is 3. The zero-order chi connectivity index (χ0) is 19.4. The normalized spacial score (nSPS) is 13.7. The summed E-state index contributed by atoms with van der Waals surface area (Å²) in [4.78, 5) is 37.5. The molecule has 0 aliphatic carbocycles. The summed E-state index contributed by atoms with van der Waals surface area (Å²) in [7, 11) is 1.71. The van der Waals surface area contributed by atoms with Crippen LogP contribution in [0.3, 0.4) is 0 Å². The Labute approximate surface area is 157 Å². The molecule has 2 heterocycles. The minimum Gasteiger partial charge on any atom is -0.452 e. The van der Waals surface area contributed by atoms with Gasteiger partial charge in [0.25, 0.3) is 5.91 Å². The van der Waals surface area contributed by atoms with E-state index in [9.17, 15) is 14.4 Å². The second-order valence-electron chi connectivity index (χ2n) is 6.53. The van der Waals surface area contributed by atoms with Crippen molar-refractivity contribution in [2.24, 2.45) is 7.05 Å². The number of anilines is 1. The number of ether oxygens (including phenoxy) is 1. The fourth-order valence-electron chi connectivity index (χ4n) is 2.96. The maximum atomic E-state index is 12.1. The highest BCUT2D eigenvalue weighted by molar-refractivity contribution is 5.95. The molecule has 0 spiro atoms. The first-order chi connectivity index (χ1) is 12.9. The summed E-state index contributed by atoms with van der Waals surface area (Å²) in [6, 6.07) is 8.59. The van der Waals surface area contributed by atoms with E-state index in [1.165, 1.54) is 0 Å². The second-order valence-corrected chi connectivity index (χ2v) is 6.53.